The fraction of sp³-hybridized carbons (Fsp3) is 0. The highest BCUT2D eigenvalue weighted by Gasteiger charge is 2.27. The molecule has 27 aromatic rings. The molecule has 0 saturated carbocycles. The zero-order valence-corrected chi connectivity index (χ0v) is 76.2. The first kappa shape index (κ1) is 82.2. The van der Waals surface area contributed by atoms with Crippen molar-refractivity contribution in [3.63, 3.8) is 0 Å². The molecule has 0 N–H and O–H groups in total. The first-order valence-corrected chi connectivity index (χ1v) is 48.0. The highest BCUT2D eigenvalue weighted by molar-refractivity contribution is 7.27. The molecule has 9 aromatic heterocycles. The number of nitrogens with zero attached hydrogens (tertiary/aromatic N) is 9. The Balaban J connectivity index is 0.000000111. The lowest BCUT2D eigenvalue weighted by molar-refractivity contribution is 0.620. The third-order valence-electron chi connectivity index (χ3n) is 25.1. The fourth-order valence-electron chi connectivity index (χ4n) is 18.5. The van der Waals surface area contributed by atoms with Crippen LogP contribution in [0.25, 0.3) is 263 Å². The summed E-state index contributed by atoms with van der Waals surface area (Å²) in [6, 6.07) is 156. The number of fused-ring (bicyclic) bond motifs is 12. The van der Waals surface area contributed by atoms with Gasteiger partial charge in [-0.3, -0.25) is 0 Å². The van der Waals surface area contributed by atoms with Crippen LogP contribution in [0.1, 0.15) is 0 Å². The van der Waals surface area contributed by atoms with E-state index >= 15 is 0 Å². The van der Waals surface area contributed by atoms with Gasteiger partial charge in [0.15, 0.2) is 34.2 Å². The fourth-order valence-corrected chi connectivity index (χ4v) is 22.0. The molecular weight excluding hydrogens is 1750 g/mol. The molecule has 0 radical (unpaired) electrons. The molecule has 138 heavy (non-hydrogen) atoms. The number of para-hydroxylation sites is 6. The van der Waals surface area contributed by atoms with E-state index in [2.05, 4.69) is 309 Å². The second kappa shape index (κ2) is 35.7. The summed E-state index contributed by atoms with van der Waals surface area (Å²) in [4.78, 5) is 45.8. The van der Waals surface area contributed by atoms with Crippen molar-refractivity contribution in [1.82, 2.24) is 44.9 Å². The van der Waals surface area contributed by atoms with Gasteiger partial charge < -0.3 is 13.3 Å². The molecule has 0 atom stereocenters. The number of rotatable bonds is 15. The van der Waals surface area contributed by atoms with Crippen molar-refractivity contribution in [2.24, 2.45) is 0 Å². The van der Waals surface area contributed by atoms with Gasteiger partial charge in [0.25, 0.3) is 0 Å². The Kier molecular flexibility index (Phi) is 21.2. The van der Waals surface area contributed by atoms with Crippen LogP contribution in [-0.2, 0) is 0 Å². The summed E-state index contributed by atoms with van der Waals surface area (Å²) < 4.78 is 25.9. The largest absolute Gasteiger partial charge is 0.436 e. The second-order valence-electron chi connectivity index (χ2n) is 33.7. The van der Waals surface area contributed by atoms with Crippen LogP contribution in [0.15, 0.2) is 468 Å². The zero-order valence-electron chi connectivity index (χ0n) is 73.8. The van der Waals surface area contributed by atoms with E-state index in [4.69, 9.17) is 58.1 Å². The number of hydrogen-bond acceptors (Lipinski definition) is 15. The topological polar surface area (TPSA) is 155 Å². The number of thiophene rings is 3. The molecule has 0 amide bonds. The molecule has 9 heterocycles. The number of hydrogen-bond donors (Lipinski definition) is 0. The number of benzene rings is 18. The summed E-state index contributed by atoms with van der Waals surface area (Å²) in [5.74, 6) is 3.89. The molecule has 0 spiro atoms. The molecule has 0 saturated heterocycles. The van der Waals surface area contributed by atoms with Crippen molar-refractivity contribution in [2.45, 2.75) is 0 Å². The van der Waals surface area contributed by atoms with Gasteiger partial charge >= 0.3 is 0 Å². The van der Waals surface area contributed by atoms with Crippen molar-refractivity contribution < 1.29 is 13.3 Å². The third kappa shape index (κ3) is 15.8. The highest BCUT2D eigenvalue weighted by Crippen LogP contribution is 2.50. The van der Waals surface area contributed by atoms with Gasteiger partial charge in [0.05, 0.1) is 34.2 Å². The highest BCUT2D eigenvalue weighted by atomic mass is 32.1. The van der Waals surface area contributed by atoms with Crippen LogP contribution >= 0.6 is 34.0 Å². The summed E-state index contributed by atoms with van der Waals surface area (Å²) in [7, 11) is 0. The molecule has 12 nitrogen and oxygen atoms in total. The SMILES string of the molecule is c1ccc(-c2cc(-c3cccc4sc5cccc(-c6nc7ccccc7o6)c5c34)nc(-c3ccccc3)n2)cc1.c1ccc(-c2ccc(-c3cc(-c4cccc(-c5ccccc5)c4)nc(-c4cccc5sc6cccc(-c7nc8ccccc8o7)c6c45)n3)cc2)cc1.c1ccc(-c2cccc(-c3cc(-c4ccccc4)nc(-c4cccc5sc6cccc(-c7nc8ccccc8o7)c6c45)n3)c2)cc1. The van der Waals surface area contributed by atoms with Gasteiger partial charge in [0, 0.05) is 127 Å². The standard InChI is InChI=1S/C47H29N3OS.C41H25N3OS.C35H21N3OS/c1-3-12-30(13-4-1)32-24-26-33(27-25-32)39-29-40(35-17-9-16-34(28-35)31-14-5-2-6-15-31)49-46(48-39)36-18-10-22-42-44(36)45-37(19-11-23-43(45)52-42)47-50-38-20-7-8-21-41(38)51-47;1-3-12-26(13-4-1)28-16-9-17-29(24-28)34-25-33(27-14-5-2-6-15-27)42-40(43-34)30-18-10-22-36-38(30)39-31(19-11-23-37(39)46-36)41-44-32-20-7-8-21-35(32)45-41;1-3-11-22(12-4-1)27-21-28(37-34(36-27)23-13-5-2-6-14-23)24-15-9-19-30-32(24)33-25(16-10-20-31(33)40-30)35-38-26-17-7-8-18-29(26)39-35/h1-29H;1-25H;1-21H. The Morgan fingerprint density at radius 2 is 0.377 bits per heavy atom. The van der Waals surface area contributed by atoms with Gasteiger partial charge in [-0.25, -0.2) is 44.9 Å². The van der Waals surface area contributed by atoms with Crippen molar-refractivity contribution in [1.29, 1.82) is 0 Å². The average molecular weight is 1820 g/mol. The lowest BCUT2D eigenvalue weighted by atomic mass is 9.99. The Labute approximate surface area is 804 Å². The van der Waals surface area contributed by atoms with Crippen LogP contribution in [0.5, 0.6) is 0 Å². The van der Waals surface area contributed by atoms with Crippen LogP contribution in [0.3, 0.4) is 0 Å². The smallest absolute Gasteiger partial charge is 0.227 e. The van der Waals surface area contributed by atoms with Gasteiger partial charge in [-0.1, -0.05) is 334 Å². The first-order valence-electron chi connectivity index (χ1n) is 45.6. The minimum absolute atomic E-state index is 0.605. The minimum Gasteiger partial charge on any atom is -0.436 e. The van der Waals surface area contributed by atoms with E-state index in [9.17, 15) is 0 Å². The molecule has 0 aliphatic rings. The van der Waals surface area contributed by atoms with Crippen molar-refractivity contribution in [2.75, 3.05) is 0 Å². The van der Waals surface area contributed by atoms with Crippen LogP contribution in [0, 0.1) is 0 Å². The molecule has 27 rings (SSSR count). The van der Waals surface area contributed by atoms with Crippen molar-refractivity contribution in [3.05, 3.63) is 455 Å². The Hall–Kier alpha value is -17.7. The lowest BCUT2D eigenvalue weighted by Gasteiger charge is -2.12. The van der Waals surface area contributed by atoms with Gasteiger partial charge in [-0.05, 0) is 155 Å². The van der Waals surface area contributed by atoms with Gasteiger partial charge in [0.1, 0.15) is 16.6 Å². The minimum atomic E-state index is 0.605. The molecule has 18 aromatic carbocycles. The van der Waals surface area contributed by atoms with E-state index in [0.29, 0.717) is 35.1 Å². The molecule has 648 valence electrons. The summed E-state index contributed by atoms with van der Waals surface area (Å²) in [5.41, 5.74) is 29.1. The van der Waals surface area contributed by atoms with Crippen LogP contribution in [0.2, 0.25) is 0 Å². The molecule has 0 aliphatic heterocycles. The average Bonchev–Trinajstić information content (AvgIpc) is 1.59. The summed E-state index contributed by atoms with van der Waals surface area (Å²) in [6.45, 7) is 0. The monoisotopic (exact) mass is 1820 g/mol. The van der Waals surface area contributed by atoms with E-state index in [1.807, 2.05) is 146 Å². The Morgan fingerprint density at radius 1 is 0.145 bits per heavy atom. The van der Waals surface area contributed by atoms with Crippen molar-refractivity contribution >= 4 is 128 Å². The Bertz CT molecular complexity index is 9130. The summed E-state index contributed by atoms with van der Waals surface area (Å²) in [5, 5.41) is 6.68. The van der Waals surface area contributed by atoms with Crippen LogP contribution in [0.4, 0.5) is 0 Å². The predicted molar refractivity (Wildman–Crippen MR) is 569 cm³/mol. The maximum absolute atomic E-state index is 6.33. The summed E-state index contributed by atoms with van der Waals surface area (Å²) >= 11 is 5.30. The molecule has 0 aliphatic carbocycles. The van der Waals surface area contributed by atoms with Crippen LogP contribution in [-0.4, -0.2) is 44.9 Å². The molecular formula is C123H75N9O3S3. The summed E-state index contributed by atoms with van der Waals surface area (Å²) in [6.07, 6.45) is 0. The van der Waals surface area contributed by atoms with Gasteiger partial charge in [-0.2, -0.15) is 0 Å². The molecule has 0 bridgehead atoms. The van der Waals surface area contributed by atoms with E-state index in [0.717, 1.165) is 208 Å². The van der Waals surface area contributed by atoms with Crippen LogP contribution < -0.4 is 0 Å². The first-order chi connectivity index (χ1) is 68.3. The Morgan fingerprint density at radius 3 is 0.739 bits per heavy atom. The van der Waals surface area contributed by atoms with E-state index in [1.54, 1.807) is 34.0 Å². The third-order valence-corrected chi connectivity index (χ3v) is 28.4. The molecule has 0 unspecified atom stereocenters. The normalized spacial score (nSPS) is 11.5. The van der Waals surface area contributed by atoms with Gasteiger partial charge in [-0.15, -0.1) is 34.0 Å². The second-order valence-corrected chi connectivity index (χ2v) is 36.9. The van der Waals surface area contributed by atoms with E-state index in [1.165, 1.54) is 20.5 Å². The maximum atomic E-state index is 6.33. The molecule has 15 heteroatoms. The predicted octanol–water partition coefficient (Wildman–Crippen LogP) is 34.0. The maximum Gasteiger partial charge on any atom is 0.227 e. The zero-order chi connectivity index (χ0) is 91.4. The van der Waals surface area contributed by atoms with Crippen molar-refractivity contribution in [3.8, 4) is 169 Å². The number of aromatic nitrogens is 9. The quantitative estimate of drug-likeness (QED) is 0.0959. The van der Waals surface area contributed by atoms with E-state index in [-0.39, 0.29) is 0 Å². The lowest BCUT2D eigenvalue weighted by Crippen LogP contribution is -1.97. The van der Waals surface area contributed by atoms with Gasteiger partial charge in [0.2, 0.25) is 17.7 Å². The van der Waals surface area contributed by atoms with E-state index < -0.39 is 0 Å². The molecule has 0 fully saturated rings. The number of oxazole rings is 3.